The number of hydrogen-bond donors (Lipinski definition) is 0. The molecule has 10 heteroatoms. The Bertz CT molecular complexity index is 1080. The number of ether oxygens (including phenoxy) is 2. The average molecular weight is 465 g/mol. The van der Waals surface area contributed by atoms with Crippen molar-refractivity contribution in [3.05, 3.63) is 59.4 Å². The van der Waals surface area contributed by atoms with Gasteiger partial charge in [-0.25, -0.2) is 4.79 Å². The van der Waals surface area contributed by atoms with E-state index in [4.69, 9.17) is 9.47 Å². The predicted octanol–water partition coefficient (Wildman–Crippen LogP) is 5.04. The van der Waals surface area contributed by atoms with Gasteiger partial charge in [0.1, 0.15) is 11.6 Å². The van der Waals surface area contributed by atoms with Crippen molar-refractivity contribution < 1.29 is 27.4 Å². The molecule has 0 spiro atoms. The fourth-order valence-electron chi connectivity index (χ4n) is 2.91. The van der Waals surface area contributed by atoms with Crippen LogP contribution in [0.2, 0.25) is 0 Å². The number of esters is 1. The smallest absolute Gasteiger partial charge is 0.416 e. The van der Waals surface area contributed by atoms with Crippen LogP contribution in [-0.2, 0) is 28.5 Å². The van der Waals surface area contributed by atoms with Crippen LogP contribution in [-0.4, -0.2) is 33.9 Å². The fourth-order valence-corrected chi connectivity index (χ4v) is 3.88. The zero-order valence-electron chi connectivity index (χ0n) is 17.8. The van der Waals surface area contributed by atoms with Crippen molar-refractivity contribution >= 4 is 17.7 Å². The highest BCUT2D eigenvalue weighted by Gasteiger charge is 2.30. The van der Waals surface area contributed by atoms with E-state index in [1.165, 1.54) is 23.9 Å². The van der Waals surface area contributed by atoms with Crippen molar-refractivity contribution in [1.29, 1.82) is 0 Å². The minimum Gasteiger partial charge on any atom is -0.482 e. The molecule has 2 aromatic carbocycles. The first kappa shape index (κ1) is 23.6. The molecular weight excluding hydrogens is 443 g/mol. The fraction of sp³-hybridized carbons (Fsp3) is 0.318. The summed E-state index contributed by atoms with van der Waals surface area (Å²) < 4.78 is 50.4. The van der Waals surface area contributed by atoms with Crippen molar-refractivity contribution in [1.82, 2.24) is 14.8 Å². The van der Waals surface area contributed by atoms with Gasteiger partial charge in [-0.1, -0.05) is 12.1 Å². The van der Waals surface area contributed by atoms with Crippen LogP contribution in [0, 0.1) is 6.92 Å². The minimum atomic E-state index is -4.38. The predicted molar refractivity (Wildman–Crippen MR) is 114 cm³/mol. The number of halogens is 3. The summed E-state index contributed by atoms with van der Waals surface area (Å²) in [5.74, 6) is 1.88. The van der Waals surface area contributed by atoms with Gasteiger partial charge >= 0.3 is 12.1 Å². The Morgan fingerprint density at radius 1 is 1.12 bits per heavy atom. The number of aromatic nitrogens is 3. The van der Waals surface area contributed by atoms with Gasteiger partial charge in [-0.2, -0.15) is 13.2 Å². The van der Waals surface area contributed by atoms with Crippen LogP contribution in [0.4, 0.5) is 13.2 Å². The maximum Gasteiger partial charge on any atom is 0.416 e. The number of thioether (sulfide) groups is 1. The molecule has 0 aliphatic heterocycles. The molecule has 0 saturated heterocycles. The van der Waals surface area contributed by atoms with Gasteiger partial charge in [-0.3, -0.25) is 0 Å². The van der Waals surface area contributed by atoms with E-state index in [1.807, 2.05) is 19.1 Å². The Balaban J connectivity index is 1.64. The summed E-state index contributed by atoms with van der Waals surface area (Å²) in [4.78, 5) is 12.4. The Labute approximate surface area is 187 Å². The van der Waals surface area contributed by atoms with E-state index in [-0.39, 0.29) is 6.61 Å². The van der Waals surface area contributed by atoms with Gasteiger partial charge < -0.3 is 14.0 Å². The van der Waals surface area contributed by atoms with Gasteiger partial charge in [0.25, 0.3) is 0 Å². The van der Waals surface area contributed by atoms with Crippen molar-refractivity contribution in [2.24, 2.45) is 7.05 Å². The number of hydrogen-bond acceptors (Lipinski definition) is 6. The van der Waals surface area contributed by atoms with Gasteiger partial charge in [-0.05, 0) is 49.7 Å². The molecule has 6 nitrogen and oxygen atoms in total. The second kappa shape index (κ2) is 10.1. The lowest BCUT2D eigenvalue weighted by Crippen LogP contribution is -2.14. The van der Waals surface area contributed by atoms with Crippen LogP contribution in [0.5, 0.6) is 5.75 Å². The van der Waals surface area contributed by atoms with Crippen LogP contribution in [0.25, 0.3) is 11.4 Å². The van der Waals surface area contributed by atoms with E-state index in [9.17, 15) is 18.0 Å². The lowest BCUT2D eigenvalue weighted by Gasteiger charge is -2.10. The Kier molecular flexibility index (Phi) is 7.44. The summed E-state index contributed by atoms with van der Waals surface area (Å²) >= 11 is 1.54. The van der Waals surface area contributed by atoms with E-state index < -0.39 is 17.7 Å². The van der Waals surface area contributed by atoms with Crippen molar-refractivity contribution in [2.45, 2.75) is 30.7 Å². The van der Waals surface area contributed by atoms with Gasteiger partial charge in [0.2, 0.25) is 0 Å². The van der Waals surface area contributed by atoms with E-state index in [2.05, 4.69) is 10.2 Å². The monoisotopic (exact) mass is 465 g/mol. The van der Waals surface area contributed by atoms with Crippen molar-refractivity contribution in [2.75, 3.05) is 13.2 Å². The summed E-state index contributed by atoms with van der Waals surface area (Å²) in [6.45, 7) is 3.78. The SMILES string of the molecule is CCOC(=O)COc1ccc(SCc2nnc(-c3ccc(C(F)(F)F)cc3)n2C)cc1C. The van der Waals surface area contributed by atoms with Gasteiger partial charge in [-0.15, -0.1) is 22.0 Å². The number of alkyl halides is 3. The second-order valence-corrected chi connectivity index (χ2v) is 7.93. The zero-order chi connectivity index (χ0) is 23.3. The first-order chi connectivity index (χ1) is 15.2. The van der Waals surface area contributed by atoms with Crippen molar-refractivity contribution in [3.8, 4) is 17.1 Å². The number of carbonyl (C=O) groups excluding carboxylic acids is 1. The molecule has 1 heterocycles. The van der Waals surface area contributed by atoms with Crippen LogP contribution in [0.15, 0.2) is 47.4 Å². The maximum atomic E-state index is 12.8. The molecule has 0 saturated carbocycles. The van der Waals surface area contributed by atoms with Gasteiger partial charge in [0, 0.05) is 17.5 Å². The molecule has 0 unspecified atom stereocenters. The van der Waals surface area contributed by atoms with Gasteiger partial charge in [0.05, 0.1) is 17.9 Å². The summed E-state index contributed by atoms with van der Waals surface area (Å²) in [6.07, 6.45) is -4.38. The normalized spacial score (nSPS) is 11.4. The quantitative estimate of drug-likeness (QED) is 0.343. The maximum absolute atomic E-state index is 12.8. The molecule has 0 atom stereocenters. The molecule has 170 valence electrons. The minimum absolute atomic E-state index is 0.146. The zero-order valence-corrected chi connectivity index (χ0v) is 18.6. The first-order valence-corrected chi connectivity index (χ1v) is 10.8. The Morgan fingerprint density at radius 3 is 2.47 bits per heavy atom. The van der Waals surface area contributed by atoms with E-state index in [1.54, 1.807) is 24.6 Å². The molecule has 0 amide bonds. The average Bonchev–Trinajstić information content (AvgIpc) is 3.11. The van der Waals surface area contributed by atoms with Crippen LogP contribution >= 0.6 is 11.8 Å². The van der Waals surface area contributed by atoms with Crippen molar-refractivity contribution in [3.63, 3.8) is 0 Å². The summed E-state index contributed by atoms with van der Waals surface area (Å²) in [5.41, 5.74) is 0.732. The number of rotatable bonds is 8. The molecular formula is C22H22F3N3O3S. The molecule has 0 N–H and O–H groups in total. The van der Waals surface area contributed by atoms with E-state index in [0.29, 0.717) is 35.3 Å². The van der Waals surface area contributed by atoms with E-state index in [0.717, 1.165) is 22.6 Å². The molecule has 0 radical (unpaired) electrons. The van der Waals surface area contributed by atoms with Crippen LogP contribution in [0.3, 0.4) is 0 Å². The molecule has 0 aliphatic carbocycles. The molecule has 0 fully saturated rings. The summed E-state index contributed by atoms with van der Waals surface area (Å²) in [5, 5.41) is 8.31. The number of carbonyl (C=O) groups is 1. The number of nitrogens with zero attached hydrogens (tertiary/aromatic N) is 3. The Morgan fingerprint density at radius 2 is 1.84 bits per heavy atom. The third-order valence-corrected chi connectivity index (χ3v) is 5.59. The van der Waals surface area contributed by atoms with Crippen LogP contribution in [0.1, 0.15) is 23.9 Å². The molecule has 32 heavy (non-hydrogen) atoms. The summed E-state index contributed by atoms with van der Waals surface area (Å²) in [6, 6.07) is 10.5. The number of aryl methyl sites for hydroxylation is 1. The topological polar surface area (TPSA) is 66.2 Å². The molecule has 1 aromatic heterocycles. The number of benzene rings is 2. The highest BCUT2D eigenvalue weighted by Crippen LogP contribution is 2.31. The third kappa shape index (κ3) is 5.82. The van der Waals surface area contributed by atoms with E-state index >= 15 is 0 Å². The Hall–Kier alpha value is -3.01. The highest BCUT2D eigenvalue weighted by molar-refractivity contribution is 7.98. The lowest BCUT2D eigenvalue weighted by molar-refractivity contribution is -0.145. The standard InChI is InChI=1S/C22H22F3N3O3S/c1-4-30-20(29)12-31-18-10-9-17(11-14(18)2)32-13-19-26-27-21(28(19)3)15-5-7-16(8-6-15)22(23,24)25/h5-11H,4,12-13H2,1-3H3. The van der Waals surface area contributed by atoms with Crippen LogP contribution < -0.4 is 4.74 Å². The summed E-state index contributed by atoms with van der Waals surface area (Å²) in [7, 11) is 1.78. The molecule has 3 rings (SSSR count). The lowest BCUT2D eigenvalue weighted by atomic mass is 10.1. The first-order valence-electron chi connectivity index (χ1n) is 9.76. The largest absolute Gasteiger partial charge is 0.482 e. The highest BCUT2D eigenvalue weighted by atomic mass is 32.2. The van der Waals surface area contributed by atoms with Gasteiger partial charge in [0.15, 0.2) is 12.4 Å². The molecule has 0 aliphatic rings. The second-order valence-electron chi connectivity index (χ2n) is 6.88. The molecule has 3 aromatic rings. The third-order valence-electron chi connectivity index (χ3n) is 4.60. The molecule has 0 bridgehead atoms.